The molecule has 1 saturated heterocycles. The molecule has 1 aliphatic rings. The molecule has 6 heteroatoms. The summed E-state index contributed by atoms with van der Waals surface area (Å²) in [5.41, 5.74) is 2.46. The molecule has 5 nitrogen and oxygen atoms in total. The molecular formula is C28H30N2O3S. The van der Waals surface area contributed by atoms with Gasteiger partial charge < -0.3 is 9.64 Å². The van der Waals surface area contributed by atoms with Crippen molar-refractivity contribution in [2.24, 2.45) is 5.92 Å². The van der Waals surface area contributed by atoms with Gasteiger partial charge in [-0.25, -0.2) is 9.69 Å². The Hall–Kier alpha value is -3.25. The zero-order valence-electron chi connectivity index (χ0n) is 20.0. The lowest BCUT2D eigenvalue weighted by Crippen LogP contribution is -2.49. The monoisotopic (exact) mass is 474 g/mol. The Labute approximate surface area is 205 Å². The summed E-state index contributed by atoms with van der Waals surface area (Å²) in [5, 5.41) is 0.0929. The number of thioether (sulfide) groups is 1. The molecule has 3 aromatic carbocycles. The Balaban J connectivity index is 1.74. The molecule has 1 heterocycles. The van der Waals surface area contributed by atoms with Crippen molar-refractivity contribution in [3.63, 3.8) is 0 Å². The van der Waals surface area contributed by atoms with Gasteiger partial charge >= 0.3 is 6.03 Å². The van der Waals surface area contributed by atoms with Crippen LogP contribution in [0.3, 0.4) is 0 Å². The summed E-state index contributed by atoms with van der Waals surface area (Å²) >= 11 is 1.63. The maximum absolute atomic E-state index is 14.3. The summed E-state index contributed by atoms with van der Waals surface area (Å²) in [6.07, 6.45) is 0. The van der Waals surface area contributed by atoms with Crippen molar-refractivity contribution in [3.8, 4) is 5.75 Å². The topological polar surface area (TPSA) is 49.9 Å². The van der Waals surface area contributed by atoms with Crippen LogP contribution in [-0.4, -0.2) is 36.2 Å². The van der Waals surface area contributed by atoms with Crippen molar-refractivity contribution < 1.29 is 14.3 Å². The normalized spacial score (nSPS) is 18.9. The molecule has 0 aliphatic carbocycles. The third-order valence-corrected chi connectivity index (χ3v) is 8.03. The van der Waals surface area contributed by atoms with E-state index in [1.165, 1.54) is 4.90 Å². The van der Waals surface area contributed by atoms with Gasteiger partial charge in [0, 0.05) is 18.8 Å². The number of benzene rings is 3. The van der Waals surface area contributed by atoms with Crippen LogP contribution in [0, 0.1) is 5.92 Å². The minimum Gasteiger partial charge on any atom is -0.497 e. The molecular weight excluding hydrogens is 444 g/mol. The van der Waals surface area contributed by atoms with Crippen molar-refractivity contribution in [1.82, 2.24) is 4.90 Å². The summed E-state index contributed by atoms with van der Waals surface area (Å²) in [6, 6.07) is 26.3. The summed E-state index contributed by atoms with van der Waals surface area (Å²) in [5.74, 6) is 0.737. The van der Waals surface area contributed by atoms with Crippen molar-refractivity contribution >= 4 is 29.4 Å². The molecule has 4 rings (SSSR count). The van der Waals surface area contributed by atoms with Gasteiger partial charge in [-0.1, -0.05) is 74.5 Å². The third-order valence-electron chi connectivity index (χ3n) is 6.10. The Kier molecular flexibility index (Phi) is 6.98. The number of carbonyl (C=O) groups excluding carboxylic acids is 2. The van der Waals surface area contributed by atoms with Crippen LogP contribution in [0.5, 0.6) is 5.75 Å². The van der Waals surface area contributed by atoms with Crippen LogP contribution < -0.4 is 9.64 Å². The molecule has 0 spiro atoms. The van der Waals surface area contributed by atoms with E-state index in [0.29, 0.717) is 18.0 Å². The Morgan fingerprint density at radius 3 is 2.06 bits per heavy atom. The SMILES string of the molecule is COc1ccc(N(C(=O)N(C)Cc2ccccc2)C(=O)[C@]2(c3ccccc3)S[C@@H]2C(C)C)cc1. The maximum Gasteiger partial charge on any atom is 0.331 e. The lowest BCUT2D eigenvalue weighted by Gasteiger charge is -2.30. The van der Waals surface area contributed by atoms with E-state index < -0.39 is 4.75 Å². The Morgan fingerprint density at radius 2 is 1.53 bits per heavy atom. The molecule has 0 unspecified atom stereocenters. The molecule has 3 aromatic rings. The molecule has 0 N–H and O–H groups in total. The van der Waals surface area contributed by atoms with Gasteiger partial charge in [0.1, 0.15) is 10.5 Å². The van der Waals surface area contributed by atoms with E-state index in [9.17, 15) is 9.59 Å². The molecule has 0 saturated carbocycles. The number of hydrogen-bond acceptors (Lipinski definition) is 4. The average Bonchev–Trinajstić information content (AvgIpc) is 3.63. The number of carbonyl (C=O) groups is 2. The molecule has 34 heavy (non-hydrogen) atoms. The number of hydrogen-bond donors (Lipinski definition) is 0. The summed E-state index contributed by atoms with van der Waals surface area (Å²) in [7, 11) is 3.32. The van der Waals surface area contributed by atoms with Crippen molar-refractivity contribution in [2.45, 2.75) is 30.4 Å². The second kappa shape index (κ2) is 9.94. The maximum atomic E-state index is 14.3. The van der Waals surface area contributed by atoms with Gasteiger partial charge in [0.15, 0.2) is 0 Å². The van der Waals surface area contributed by atoms with Crippen molar-refractivity contribution in [1.29, 1.82) is 0 Å². The van der Waals surface area contributed by atoms with Crippen LogP contribution in [0.25, 0.3) is 0 Å². The number of urea groups is 1. The van der Waals surface area contributed by atoms with Gasteiger partial charge in [-0.3, -0.25) is 4.79 Å². The van der Waals surface area contributed by atoms with E-state index >= 15 is 0 Å². The first-order valence-electron chi connectivity index (χ1n) is 11.4. The highest BCUT2D eigenvalue weighted by Gasteiger charge is 2.65. The third kappa shape index (κ3) is 4.55. The highest BCUT2D eigenvalue weighted by atomic mass is 32.2. The van der Waals surface area contributed by atoms with Gasteiger partial charge in [-0.2, -0.15) is 0 Å². The quantitative estimate of drug-likeness (QED) is 0.397. The Morgan fingerprint density at radius 1 is 0.941 bits per heavy atom. The number of amides is 3. The second-order valence-corrected chi connectivity index (χ2v) is 10.2. The van der Waals surface area contributed by atoms with Crippen molar-refractivity contribution in [3.05, 3.63) is 96.1 Å². The first-order valence-corrected chi connectivity index (χ1v) is 12.3. The fourth-order valence-electron chi connectivity index (χ4n) is 4.29. The van der Waals surface area contributed by atoms with Crippen LogP contribution in [0.2, 0.25) is 0 Å². The molecule has 3 amide bonds. The fraction of sp³-hybridized carbons (Fsp3) is 0.286. The van der Waals surface area contributed by atoms with E-state index in [1.807, 2.05) is 60.7 Å². The zero-order chi connectivity index (χ0) is 24.3. The van der Waals surface area contributed by atoms with E-state index in [1.54, 1.807) is 55.1 Å². The first-order chi connectivity index (χ1) is 16.4. The van der Waals surface area contributed by atoms with Crippen LogP contribution in [-0.2, 0) is 16.1 Å². The predicted molar refractivity (Wildman–Crippen MR) is 138 cm³/mol. The van der Waals surface area contributed by atoms with Crippen LogP contribution in [0.15, 0.2) is 84.9 Å². The smallest absolute Gasteiger partial charge is 0.331 e. The van der Waals surface area contributed by atoms with E-state index in [-0.39, 0.29) is 23.1 Å². The summed E-state index contributed by atoms with van der Waals surface area (Å²) < 4.78 is 4.50. The van der Waals surface area contributed by atoms with Crippen molar-refractivity contribution in [2.75, 3.05) is 19.1 Å². The zero-order valence-corrected chi connectivity index (χ0v) is 20.8. The molecule has 0 aromatic heterocycles. The van der Waals surface area contributed by atoms with E-state index in [0.717, 1.165) is 11.1 Å². The Bertz CT molecular complexity index is 1140. The minimum absolute atomic E-state index is 0.0929. The highest BCUT2D eigenvalue weighted by Crippen LogP contribution is 2.65. The molecule has 0 bridgehead atoms. The number of methoxy groups -OCH3 is 1. The standard InChI is InChI=1S/C28H30N2O3S/c1-20(2)25-28(34-25,22-13-9-6-10-14-22)26(31)30(23-15-17-24(33-4)18-16-23)27(32)29(3)19-21-11-7-5-8-12-21/h5-18,20,25H,19H2,1-4H3/t25-,28-/m1/s1. The van der Waals surface area contributed by atoms with Gasteiger partial charge in [0.05, 0.1) is 12.8 Å². The number of imide groups is 1. The van der Waals surface area contributed by atoms with Crippen LogP contribution in [0.4, 0.5) is 10.5 Å². The fourth-order valence-corrected chi connectivity index (χ4v) is 5.87. The first kappa shape index (κ1) is 23.9. The minimum atomic E-state index is -0.793. The van der Waals surface area contributed by atoms with Gasteiger partial charge in [0.2, 0.25) is 0 Å². The number of rotatable bonds is 7. The molecule has 1 aliphatic heterocycles. The van der Waals surface area contributed by atoms with Gasteiger partial charge in [-0.05, 0) is 41.3 Å². The van der Waals surface area contributed by atoms with Gasteiger partial charge in [-0.15, -0.1) is 11.8 Å². The average molecular weight is 475 g/mol. The summed E-state index contributed by atoms with van der Waals surface area (Å²) in [4.78, 5) is 31.1. The lowest BCUT2D eigenvalue weighted by molar-refractivity contribution is -0.119. The number of nitrogens with zero attached hydrogens (tertiary/aromatic N) is 2. The van der Waals surface area contributed by atoms with Crippen LogP contribution in [0.1, 0.15) is 25.0 Å². The molecule has 176 valence electrons. The van der Waals surface area contributed by atoms with E-state index in [4.69, 9.17) is 4.74 Å². The molecule has 0 radical (unpaired) electrons. The second-order valence-electron chi connectivity index (χ2n) is 8.85. The predicted octanol–water partition coefficient (Wildman–Crippen LogP) is 5.95. The summed E-state index contributed by atoms with van der Waals surface area (Å²) in [6.45, 7) is 4.64. The largest absolute Gasteiger partial charge is 0.497 e. The lowest BCUT2D eigenvalue weighted by atomic mass is 9.89. The molecule has 2 atom stereocenters. The van der Waals surface area contributed by atoms with Gasteiger partial charge in [0.25, 0.3) is 5.91 Å². The number of anilines is 1. The molecule has 1 fully saturated rings. The number of ether oxygens (including phenoxy) is 1. The highest BCUT2D eigenvalue weighted by molar-refractivity contribution is 8.09. The van der Waals surface area contributed by atoms with Crippen LogP contribution >= 0.6 is 11.8 Å². The van der Waals surface area contributed by atoms with E-state index in [2.05, 4.69) is 13.8 Å².